The van der Waals surface area contributed by atoms with E-state index in [1.807, 2.05) is 0 Å². The van der Waals surface area contributed by atoms with Gasteiger partial charge >= 0.3 is 5.97 Å². The zero-order valence-electron chi connectivity index (χ0n) is 8.19. The lowest BCUT2D eigenvalue weighted by atomic mass is 10.3. The molecule has 0 aliphatic rings. The number of esters is 1. The van der Waals surface area contributed by atoms with Crippen LogP contribution < -0.4 is 0 Å². The molecule has 0 saturated heterocycles. The molecule has 0 amide bonds. The Morgan fingerprint density at radius 1 is 1.60 bits per heavy atom. The normalized spacial score (nSPS) is 10.6. The van der Waals surface area contributed by atoms with Gasteiger partial charge in [0.2, 0.25) is 0 Å². The van der Waals surface area contributed by atoms with Gasteiger partial charge in [0.1, 0.15) is 5.02 Å². The predicted octanol–water partition coefficient (Wildman–Crippen LogP) is 1.48. The Morgan fingerprint density at radius 3 is 3.00 bits per heavy atom. The first-order chi connectivity index (χ1) is 7.13. The molecule has 0 saturated carbocycles. The molecule has 0 aromatic carbocycles. The zero-order chi connectivity index (χ0) is 11.0. The van der Waals surface area contributed by atoms with Gasteiger partial charge in [-0.3, -0.25) is 0 Å². The largest absolute Gasteiger partial charge is 0.464 e. The molecule has 78 valence electrons. The van der Waals surface area contributed by atoms with Crippen molar-refractivity contribution in [2.45, 2.75) is 6.92 Å². The van der Waals surface area contributed by atoms with Gasteiger partial charge in [-0.1, -0.05) is 11.6 Å². The lowest BCUT2D eigenvalue weighted by Crippen LogP contribution is -2.10. The van der Waals surface area contributed by atoms with E-state index in [0.29, 0.717) is 22.1 Å². The number of aromatic nitrogens is 3. The van der Waals surface area contributed by atoms with Crippen LogP contribution in [0.15, 0.2) is 12.3 Å². The first kappa shape index (κ1) is 9.92. The third kappa shape index (κ3) is 1.55. The highest BCUT2D eigenvalue weighted by Crippen LogP contribution is 2.17. The van der Waals surface area contributed by atoms with Crippen molar-refractivity contribution >= 4 is 23.2 Å². The van der Waals surface area contributed by atoms with Crippen LogP contribution in [0.5, 0.6) is 0 Å². The van der Waals surface area contributed by atoms with E-state index in [1.54, 1.807) is 13.0 Å². The fraction of sp³-hybridized carbons (Fsp3) is 0.222. The van der Waals surface area contributed by atoms with Crippen LogP contribution in [-0.4, -0.2) is 27.7 Å². The molecule has 6 heteroatoms. The maximum Gasteiger partial charge on any atom is 0.356 e. The number of carbonyl (C=O) groups is 1. The summed E-state index contributed by atoms with van der Waals surface area (Å²) in [5.74, 6) is -0.467. The lowest BCUT2D eigenvalue weighted by Gasteiger charge is -2.03. The fourth-order valence-electron chi connectivity index (χ4n) is 1.31. The maximum atomic E-state index is 11.4. The number of aryl methyl sites for hydroxylation is 1. The summed E-state index contributed by atoms with van der Waals surface area (Å²) in [6.07, 6.45) is 1.44. The van der Waals surface area contributed by atoms with Crippen molar-refractivity contribution in [3.05, 3.63) is 28.7 Å². The van der Waals surface area contributed by atoms with Crippen molar-refractivity contribution in [3.63, 3.8) is 0 Å². The van der Waals surface area contributed by atoms with Crippen molar-refractivity contribution in [2.24, 2.45) is 0 Å². The third-order valence-corrected chi connectivity index (χ3v) is 2.22. The van der Waals surface area contributed by atoms with Crippen molar-refractivity contribution in [2.75, 3.05) is 7.11 Å². The number of hydrogen-bond donors (Lipinski definition) is 0. The van der Waals surface area contributed by atoms with Crippen LogP contribution in [-0.2, 0) is 4.74 Å². The molecule has 0 atom stereocenters. The molecule has 0 N–H and O–H groups in total. The van der Waals surface area contributed by atoms with Crippen molar-refractivity contribution in [1.82, 2.24) is 14.6 Å². The molecule has 2 aromatic heterocycles. The first-order valence-corrected chi connectivity index (χ1v) is 4.60. The molecule has 0 bridgehead atoms. The SMILES string of the molecule is COC(=O)c1cc(C)nc2c(Cl)cnn12. The minimum atomic E-state index is -0.467. The summed E-state index contributed by atoms with van der Waals surface area (Å²) in [7, 11) is 1.31. The van der Waals surface area contributed by atoms with Crippen molar-refractivity contribution < 1.29 is 9.53 Å². The lowest BCUT2D eigenvalue weighted by molar-refractivity contribution is 0.0590. The number of fused-ring (bicyclic) bond motifs is 1. The second kappa shape index (κ2) is 3.51. The van der Waals surface area contributed by atoms with E-state index in [9.17, 15) is 4.79 Å². The van der Waals surface area contributed by atoms with E-state index in [1.165, 1.54) is 17.8 Å². The molecule has 0 aliphatic heterocycles. The summed E-state index contributed by atoms with van der Waals surface area (Å²) in [5.41, 5.74) is 1.45. The Labute approximate surface area is 90.6 Å². The molecular formula is C9H8ClN3O2. The molecule has 0 unspecified atom stereocenters. The molecule has 0 radical (unpaired) electrons. The smallest absolute Gasteiger partial charge is 0.356 e. The van der Waals surface area contributed by atoms with Gasteiger partial charge in [-0.05, 0) is 13.0 Å². The molecule has 2 heterocycles. The van der Waals surface area contributed by atoms with Gasteiger partial charge in [-0.2, -0.15) is 5.10 Å². The van der Waals surface area contributed by atoms with Gasteiger partial charge < -0.3 is 4.74 Å². The minimum Gasteiger partial charge on any atom is -0.464 e. The number of nitrogens with zero attached hydrogens (tertiary/aromatic N) is 3. The third-order valence-electron chi connectivity index (χ3n) is 1.95. The molecule has 0 fully saturated rings. The monoisotopic (exact) mass is 225 g/mol. The Balaban J connectivity index is 2.78. The quantitative estimate of drug-likeness (QED) is 0.690. The Hall–Kier alpha value is -1.62. The standard InChI is InChI=1S/C9H8ClN3O2/c1-5-3-7(9(14)15-2)13-8(12-5)6(10)4-11-13/h3-4H,1-2H3. The van der Waals surface area contributed by atoms with Crippen molar-refractivity contribution in [1.29, 1.82) is 0 Å². The zero-order valence-corrected chi connectivity index (χ0v) is 8.95. The van der Waals surface area contributed by atoms with Gasteiger partial charge in [-0.25, -0.2) is 14.3 Å². The summed E-state index contributed by atoms with van der Waals surface area (Å²) >= 11 is 5.87. The molecule has 0 aliphatic carbocycles. The van der Waals surface area contributed by atoms with Crippen molar-refractivity contribution in [3.8, 4) is 0 Å². The molecular weight excluding hydrogens is 218 g/mol. The molecule has 5 nitrogen and oxygen atoms in total. The van der Waals surface area contributed by atoms with Gasteiger partial charge in [-0.15, -0.1) is 0 Å². The number of hydrogen-bond acceptors (Lipinski definition) is 4. The Kier molecular flexibility index (Phi) is 2.32. The summed E-state index contributed by atoms with van der Waals surface area (Å²) in [6.45, 7) is 1.77. The minimum absolute atomic E-state index is 0.312. The van der Waals surface area contributed by atoms with Crippen LogP contribution >= 0.6 is 11.6 Å². The summed E-state index contributed by atoms with van der Waals surface area (Å²) in [5, 5.41) is 4.36. The summed E-state index contributed by atoms with van der Waals surface area (Å²) in [6, 6.07) is 1.60. The van der Waals surface area contributed by atoms with Crippen LogP contribution in [0.2, 0.25) is 5.02 Å². The van der Waals surface area contributed by atoms with Gasteiger partial charge in [0, 0.05) is 5.69 Å². The van der Waals surface area contributed by atoms with Crippen LogP contribution in [0, 0.1) is 6.92 Å². The number of carbonyl (C=O) groups excluding carboxylic acids is 1. The predicted molar refractivity (Wildman–Crippen MR) is 54.1 cm³/mol. The molecule has 2 aromatic rings. The molecule has 0 spiro atoms. The molecule has 15 heavy (non-hydrogen) atoms. The van der Waals surface area contributed by atoms with Crippen LogP contribution in [0.25, 0.3) is 5.65 Å². The molecule has 2 rings (SSSR count). The second-order valence-electron chi connectivity index (χ2n) is 3.00. The topological polar surface area (TPSA) is 56.5 Å². The number of methoxy groups -OCH3 is 1. The van der Waals surface area contributed by atoms with Gasteiger partial charge in [0.15, 0.2) is 11.3 Å². The van der Waals surface area contributed by atoms with Crippen LogP contribution in [0.1, 0.15) is 16.2 Å². The highest BCUT2D eigenvalue weighted by Gasteiger charge is 2.14. The average Bonchev–Trinajstić information content (AvgIpc) is 2.58. The van der Waals surface area contributed by atoms with E-state index in [2.05, 4.69) is 14.8 Å². The number of ether oxygens (including phenoxy) is 1. The summed E-state index contributed by atoms with van der Waals surface area (Å²) in [4.78, 5) is 15.6. The maximum absolute atomic E-state index is 11.4. The second-order valence-corrected chi connectivity index (χ2v) is 3.41. The highest BCUT2D eigenvalue weighted by atomic mass is 35.5. The van der Waals surface area contributed by atoms with Gasteiger partial charge in [0.25, 0.3) is 0 Å². The highest BCUT2D eigenvalue weighted by molar-refractivity contribution is 6.33. The van der Waals surface area contributed by atoms with E-state index in [4.69, 9.17) is 11.6 Å². The van der Waals surface area contributed by atoms with E-state index in [-0.39, 0.29) is 0 Å². The van der Waals surface area contributed by atoms with Crippen LogP contribution in [0.4, 0.5) is 0 Å². The van der Waals surface area contributed by atoms with E-state index in [0.717, 1.165) is 0 Å². The fourth-order valence-corrected chi connectivity index (χ4v) is 1.47. The van der Waals surface area contributed by atoms with E-state index < -0.39 is 5.97 Å². The van der Waals surface area contributed by atoms with E-state index >= 15 is 0 Å². The Bertz CT molecular complexity index is 535. The number of halogens is 1. The Morgan fingerprint density at radius 2 is 2.33 bits per heavy atom. The van der Waals surface area contributed by atoms with Gasteiger partial charge in [0.05, 0.1) is 13.3 Å². The summed E-state index contributed by atoms with van der Waals surface area (Å²) < 4.78 is 6.00. The number of rotatable bonds is 1. The van der Waals surface area contributed by atoms with Crippen LogP contribution in [0.3, 0.4) is 0 Å². The first-order valence-electron chi connectivity index (χ1n) is 4.22. The average molecular weight is 226 g/mol.